The van der Waals surface area contributed by atoms with Gasteiger partial charge in [-0.05, 0) is 56.5 Å². The largest absolute Gasteiger partial charge is 0.297 e. The van der Waals surface area contributed by atoms with Crippen molar-refractivity contribution in [1.82, 2.24) is 14.9 Å². The Morgan fingerprint density at radius 2 is 1.91 bits per heavy atom. The second kappa shape index (κ2) is 9.33. The van der Waals surface area contributed by atoms with Gasteiger partial charge in [-0.2, -0.15) is 0 Å². The number of piperidine rings is 1. The second-order valence-corrected chi connectivity index (χ2v) is 10.7. The maximum atomic E-state index is 12.6. The number of aryl methyl sites for hydroxylation is 2. The van der Waals surface area contributed by atoms with Crippen molar-refractivity contribution in [1.29, 1.82) is 0 Å². The van der Waals surface area contributed by atoms with Gasteiger partial charge in [-0.25, -0.2) is 9.97 Å². The van der Waals surface area contributed by atoms with Crippen LogP contribution in [-0.4, -0.2) is 33.9 Å². The van der Waals surface area contributed by atoms with Crippen molar-refractivity contribution >= 4 is 49.6 Å². The number of likely N-dealkylation sites (tertiary alicyclic amines) is 1. The number of fused-ring (bicyclic) bond motifs is 1. The molecule has 2 aromatic carbocycles. The molecule has 5 nitrogen and oxygen atoms in total. The van der Waals surface area contributed by atoms with Gasteiger partial charge in [0.25, 0.3) is 0 Å². The van der Waals surface area contributed by atoms with Crippen LogP contribution in [-0.2, 0) is 11.3 Å². The highest BCUT2D eigenvalue weighted by Gasteiger charge is 2.26. The Morgan fingerprint density at radius 3 is 2.67 bits per heavy atom. The van der Waals surface area contributed by atoms with E-state index in [2.05, 4.69) is 34.5 Å². The van der Waals surface area contributed by atoms with Gasteiger partial charge in [-0.3, -0.25) is 14.6 Å². The Kier molecular flexibility index (Phi) is 6.27. The van der Waals surface area contributed by atoms with E-state index in [-0.39, 0.29) is 5.91 Å². The zero-order valence-electron chi connectivity index (χ0n) is 19.2. The lowest BCUT2D eigenvalue weighted by Crippen LogP contribution is -2.34. The number of nitrogens with zero attached hydrogens (tertiary/aromatic N) is 4. The van der Waals surface area contributed by atoms with E-state index in [0.717, 1.165) is 52.8 Å². The molecule has 5 rings (SSSR count). The van der Waals surface area contributed by atoms with Gasteiger partial charge in [0, 0.05) is 31.3 Å². The lowest BCUT2D eigenvalue weighted by molar-refractivity contribution is -0.115. The molecule has 3 heterocycles. The summed E-state index contributed by atoms with van der Waals surface area (Å²) >= 11 is 3.37. The highest BCUT2D eigenvalue weighted by atomic mass is 32.1. The van der Waals surface area contributed by atoms with Crippen molar-refractivity contribution in [2.75, 3.05) is 18.0 Å². The predicted octanol–water partition coefficient (Wildman–Crippen LogP) is 6.43. The summed E-state index contributed by atoms with van der Waals surface area (Å²) in [5, 5.41) is 4.09. The first-order valence-corrected chi connectivity index (χ1v) is 13.1. The Hall–Kier alpha value is -2.61. The number of carbonyl (C=O) groups is 1. The van der Waals surface area contributed by atoms with E-state index in [1.54, 1.807) is 23.2 Å². The van der Waals surface area contributed by atoms with Crippen LogP contribution in [0.15, 0.2) is 47.8 Å². The van der Waals surface area contributed by atoms with Crippen LogP contribution < -0.4 is 4.90 Å². The third-order valence-electron chi connectivity index (χ3n) is 6.26. The zero-order chi connectivity index (χ0) is 22.9. The number of hydrogen-bond donors (Lipinski definition) is 0. The average Bonchev–Trinajstić information content (AvgIpc) is 3.43. The van der Waals surface area contributed by atoms with Gasteiger partial charge >= 0.3 is 0 Å². The molecule has 0 saturated carbocycles. The van der Waals surface area contributed by atoms with Crippen LogP contribution in [0.2, 0.25) is 0 Å². The molecule has 0 aliphatic carbocycles. The monoisotopic (exact) mass is 476 g/mol. The standard InChI is InChI=1S/C26H28N4OS2/c1-17-8-6-9-18(2)24(17)30(19(3)31)26-27-21(16-32-26)15-29-13-7-10-20(14-29)25-28-22-11-4-5-12-23(22)33-25/h4-6,8-9,11-12,16,20H,7,10,13-15H2,1-3H3. The number of hydrogen-bond acceptors (Lipinski definition) is 6. The summed E-state index contributed by atoms with van der Waals surface area (Å²) in [6.45, 7) is 8.57. The number of thiazole rings is 2. The quantitative estimate of drug-likeness (QED) is 0.333. The van der Waals surface area contributed by atoms with Gasteiger partial charge in [0.15, 0.2) is 5.13 Å². The maximum Gasteiger partial charge on any atom is 0.230 e. The number of benzene rings is 2. The lowest BCUT2D eigenvalue weighted by Gasteiger charge is -2.31. The first kappa shape index (κ1) is 22.2. The van der Waals surface area contributed by atoms with Gasteiger partial charge in [-0.15, -0.1) is 22.7 Å². The van der Waals surface area contributed by atoms with Crippen molar-refractivity contribution in [3.63, 3.8) is 0 Å². The highest BCUT2D eigenvalue weighted by Crippen LogP contribution is 2.36. The molecule has 1 aliphatic rings. The fourth-order valence-electron chi connectivity index (χ4n) is 4.71. The molecular weight excluding hydrogens is 448 g/mol. The van der Waals surface area contributed by atoms with Crippen LogP contribution in [0, 0.1) is 13.8 Å². The maximum absolute atomic E-state index is 12.6. The summed E-state index contributed by atoms with van der Waals surface area (Å²) < 4.78 is 1.27. The highest BCUT2D eigenvalue weighted by molar-refractivity contribution is 7.18. The number of carbonyl (C=O) groups excluding carboxylic acids is 1. The minimum Gasteiger partial charge on any atom is -0.297 e. The Balaban J connectivity index is 1.33. The zero-order valence-corrected chi connectivity index (χ0v) is 20.9. The number of rotatable bonds is 5. The molecule has 1 unspecified atom stereocenters. The summed E-state index contributed by atoms with van der Waals surface area (Å²) in [6, 6.07) is 14.5. The lowest BCUT2D eigenvalue weighted by atomic mass is 9.98. The predicted molar refractivity (Wildman–Crippen MR) is 138 cm³/mol. The van der Waals surface area contributed by atoms with Crippen LogP contribution in [0.5, 0.6) is 0 Å². The summed E-state index contributed by atoms with van der Waals surface area (Å²) in [5.74, 6) is 0.458. The molecule has 0 bridgehead atoms. The van der Waals surface area contributed by atoms with Crippen molar-refractivity contribution in [3.05, 3.63) is 69.7 Å². The van der Waals surface area contributed by atoms with Crippen molar-refractivity contribution in [2.45, 2.75) is 46.1 Å². The van der Waals surface area contributed by atoms with Crippen LogP contribution in [0.3, 0.4) is 0 Å². The molecule has 1 amide bonds. The molecule has 0 radical (unpaired) electrons. The van der Waals surface area contributed by atoms with Crippen LogP contribution >= 0.6 is 22.7 Å². The average molecular weight is 477 g/mol. The third kappa shape index (κ3) is 4.58. The summed E-state index contributed by atoms with van der Waals surface area (Å²) in [7, 11) is 0. The molecule has 1 fully saturated rings. The number of anilines is 2. The smallest absolute Gasteiger partial charge is 0.230 e. The molecule has 1 saturated heterocycles. The normalized spacial score (nSPS) is 16.9. The topological polar surface area (TPSA) is 49.3 Å². The SMILES string of the molecule is CC(=O)N(c1nc(CN2CCCC(c3nc4ccccc4s3)C2)cs1)c1c(C)cccc1C. The van der Waals surface area contributed by atoms with Gasteiger partial charge in [0.2, 0.25) is 5.91 Å². The molecule has 1 atom stereocenters. The Bertz CT molecular complexity index is 1240. The van der Waals surface area contributed by atoms with E-state index < -0.39 is 0 Å². The molecule has 1 aliphatic heterocycles. The first-order chi connectivity index (χ1) is 16.0. The third-order valence-corrected chi connectivity index (χ3v) is 8.33. The number of para-hydroxylation sites is 2. The number of aromatic nitrogens is 2. The van der Waals surface area contributed by atoms with E-state index >= 15 is 0 Å². The van der Waals surface area contributed by atoms with Crippen molar-refractivity contribution in [2.24, 2.45) is 0 Å². The van der Waals surface area contributed by atoms with Gasteiger partial charge in [0.1, 0.15) is 0 Å². The van der Waals surface area contributed by atoms with E-state index in [4.69, 9.17) is 9.97 Å². The van der Waals surface area contributed by atoms with Gasteiger partial charge < -0.3 is 0 Å². The van der Waals surface area contributed by atoms with Gasteiger partial charge in [-0.1, -0.05) is 30.3 Å². The molecule has 0 N–H and O–H groups in total. The molecule has 2 aromatic heterocycles. The summed E-state index contributed by atoms with van der Waals surface area (Å²) in [6.07, 6.45) is 2.35. The molecule has 4 aromatic rings. The minimum atomic E-state index is -0.0119. The molecule has 7 heteroatoms. The van der Waals surface area contributed by atoms with E-state index in [1.807, 2.05) is 43.4 Å². The molecule has 170 valence electrons. The van der Waals surface area contributed by atoms with Crippen molar-refractivity contribution in [3.8, 4) is 0 Å². The summed E-state index contributed by atoms with van der Waals surface area (Å²) in [4.78, 5) is 26.6. The first-order valence-electron chi connectivity index (χ1n) is 11.4. The van der Waals surface area contributed by atoms with E-state index in [0.29, 0.717) is 5.92 Å². The fraction of sp³-hybridized carbons (Fsp3) is 0.346. The van der Waals surface area contributed by atoms with E-state index in [1.165, 1.54) is 22.5 Å². The number of amides is 1. The summed E-state index contributed by atoms with van der Waals surface area (Å²) in [5.41, 5.74) is 5.24. The fourth-order valence-corrected chi connectivity index (χ4v) is 6.67. The minimum absolute atomic E-state index is 0.0119. The molecule has 0 spiro atoms. The van der Waals surface area contributed by atoms with Crippen molar-refractivity contribution < 1.29 is 4.79 Å². The van der Waals surface area contributed by atoms with Crippen LogP contribution in [0.1, 0.15) is 47.5 Å². The van der Waals surface area contributed by atoms with Crippen LogP contribution in [0.4, 0.5) is 10.8 Å². The second-order valence-electron chi connectivity index (χ2n) is 8.81. The molecular formula is C26H28N4OS2. The van der Waals surface area contributed by atoms with Crippen LogP contribution in [0.25, 0.3) is 10.2 Å². The van der Waals surface area contributed by atoms with Gasteiger partial charge in [0.05, 0.1) is 26.6 Å². The Morgan fingerprint density at radius 1 is 1.12 bits per heavy atom. The van der Waals surface area contributed by atoms with E-state index in [9.17, 15) is 4.79 Å². The molecule has 33 heavy (non-hydrogen) atoms. The Labute approximate surface area is 202 Å².